The molecule has 0 aromatic rings. The number of carbonyl (C=O) groups excluding carboxylic acids is 1. The van der Waals surface area contributed by atoms with Gasteiger partial charge in [0.2, 0.25) is 5.91 Å². The number of allylic oxidation sites excluding steroid dienone is 9. The molecule has 2 saturated heterocycles. The van der Waals surface area contributed by atoms with Crippen LogP contribution in [0.1, 0.15) is 245 Å². The molecule has 1 amide bonds. The third-order valence-corrected chi connectivity index (χ3v) is 15.2. The van der Waals surface area contributed by atoms with Crippen LogP contribution in [0.3, 0.4) is 0 Å². The highest BCUT2D eigenvalue weighted by Crippen LogP contribution is 2.30. The summed E-state index contributed by atoms with van der Waals surface area (Å²) in [5, 5.41) is 87.1. The van der Waals surface area contributed by atoms with E-state index in [2.05, 4.69) is 67.8 Å². The summed E-state index contributed by atoms with van der Waals surface area (Å²) in [6, 6.07) is -0.933. The highest BCUT2D eigenvalue weighted by molar-refractivity contribution is 5.76. The van der Waals surface area contributed by atoms with Gasteiger partial charge in [-0.3, -0.25) is 4.79 Å². The quantitative estimate of drug-likeness (QED) is 0.0204. The molecular formula is C64H115NO13. The Kier molecular flexibility index (Phi) is 45.4. The molecule has 0 bridgehead atoms. The van der Waals surface area contributed by atoms with Crippen molar-refractivity contribution >= 4 is 5.91 Å². The van der Waals surface area contributed by atoms with Crippen molar-refractivity contribution in [1.29, 1.82) is 0 Å². The number of aliphatic hydroxyl groups excluding tert-OH is 8. The first-order valence-electron chi connectivity index (χ1n) is 31.5. The minimum absolute atomic E-state index is 0.250. The molecule has 9 N–H and O–H groups in total. The summed E-state index contributed by atoms with van der Waals surface area (Å²) in [5.41, 5.74) is 0. The second kappa shape index (κ2) is 49.3. The molecule has 14 nitrogen and oxygen atoms in total. The number of rotatable bonds is 50. The Morgan fingerprint density at radius 3 is 1.35 bits per heavy atom. The van der Waals surface area contributed by atoms with E-state index in [4.69, 9.17) is 18.9 Å². The summed E-state index contributed by atoms with van der Waals surface area (Å²) in [5.74, 6) is -0.250. The Bertz CT molecular complexity index is 1540. The first-order chi connectivity index (χ1) is 38.1. The molecule has 2 fully saturated rings. The lowest BCUT2D eigenvalue weighted by Crippen LogP contribution is -2.65. The van der Waals surface area contributed by atoms with E-state index in [1.165, 1.54) is 167 Å². The lowest BCUT2D eigenvalue weighted by molar-refractivity contribution is -0.359. The van der Waals surface area contributed by atoms with E-state index < -0.39 is 86.8 Å². The number of amides is 1. The Morgan fingerprint density at radius 2 is 0.859 bits per heavy atom. The van der Waals surface area contributed by atoms with Crippen molar-refractivity contribution in [3.63, 3.8) is 0 Å². The van der Waals surface area contributed by atoms with Crippen LogP contribution in [0.25, 0.3) is 0 Å². The van der Waals surface area contributed by atoms with Crippen molar-refractivity contribution in [2.75, 3.05) is 19.8 Å². The van der Waals surface area contributed by atoms with Crippen LogP contribution in [0, 0.1) is 0 Å². The van der Waals surface area contributed by atoms with Gasteiger partial charge in [0.1, 0.15) is 48.8 Å². The molecule has 2 aliphatic rings. The summed E-state index contributed by atoms with van der Waals surface area (Å²) >= 11 is 0. The molecule has 0 saturated carbocycles. The van der Waals surface area contributed by atoms with Crippen LogP contribution >= 0.6 is 0 Å². The van der Waals surface area contributed by atoms with Gasteiger partial charge in [0.05, 0.1) is 32.0 Å². The maximum atomic E-state index is 13.3. The van der Waals surface area contributed by atoms with Crippen LogP contribution in [0.4, 0.5) is 0 Å². The van der Waals surface area contributed by atoms with Gasteiger partial charge in [-0.15, -0.1) is 0 Å². The topological polar surface area (TPSA) is 228 Å². The summed E-state index contributed by atoms with van der Waals surface area (Å²) in [4.78, 5) is 13.3. The second-order valence-corrected chi connectivity index (χ2v) is 22.2. The number of carbonyl (C=O) groups is 1. The van der Waals surface area contributed by atoms with E-state index in [-0.39, 0.29) is 18.9 Å². The standard InChI is InChI=1S/C64H115NO13/c1-3-5-7-9-11-13-15-17-19-20-21-22-23-24-25-26-27-28-29-30-31-32-34-36-38-40-42-44-46-48-56(69)65-52(53(68)47-45-43-41-39-37-35-33-18-16-14-12-10-8-6-4-2)51-75-63-61(74)59(72)62(55(50-67)77-63)78-64-60(73)58(71)57(70)54(49-66)76-64/h15,17,20-21,23-24,37,39,45,47,52-55,57-64,66-68,70-74H,3-14,16,18-19,22,25-36,38,40-44,46,48-51H2,1-2H3,(H,65,69)/b17-15-,21-20-,24-23-,39-37+,47-45+. The summed E-state index contributed by atoms with van der Waals surface area (Å²) in [6.07, 6.45) is 47.0. The molecule has 2 heterocycles. The van der Waals surface area contributed by atoms with Crippen molar-refractivity contribution in [3.8, 4) is 0 Å². The molecule has 78 heavy (non-hydrogen) atoms. The van der Waals surface area contributed by atoms with Gasteiger partial charge in [-0.2, -0.15) is 0 Å². The number of nitrogens with one attached hydrogen (secondary N) is 1. The Balaban J connectivity index is 1.70. The van der Waals surface area contributed by atoms with Crippen molar-refractivity contribution < 1.29 is 64.6 Å². The molecule has 454 valence electrons. The smallest absolute Gasteiger partial charge is 0.220 e. The van der Waals surface area contributed by atoms with E-state index >= 15 is 0 Å². The van der Waals surface area contributed by atoms with Gasteiger partial charge < -0.3 is 65.1 Å². The zero-order chi connectivity index (χ0) is 56.7. The normalized spacial score (nSPS) is 24.9. The van der Waals surface area contributed by atoms with Gasteiger partial charge in [-0.1, -0.05) is 229 Å². The summed E-state index contributed by atoms with van der Waals surface area (Å²) in [7, 11) is 0. The molecule has 12 unspecified atom stereocenters. The fraction of sp³-hybridized carbons (Fsp3) is 0.828. The average molecular weight is 1110 g/mol. The van der Waals surface area contributed by atoms with Crippen LogP contribution in [-0.2, 0) is 23.7 Å². The predicted octanol–water partition coefficient (Wildman–Crippen LogP) is 11.3. The molecule has 2 aliphatic heterocycles. The van der Waals surface area contributed by atoms with E-state index in [0.29, 0.717) is 12.8 Å². The minimum atomic E-state index is -1.79. The van der Waals surface area contributed by atoms with Crippen molar-refractivity contribution in [2.45, 2.75) is 319 Å². The fourth-order valence-electron chi connectivity index (χ4n) is 10.1. The van der Waals surface area contributed by atoms with Gasteiger partial charge >= 0.3 is 0 Å². The first kappa shape index (κ1) is 71.8. The van der Waals surface area contributed by atoms with Gasteiger partial charge in [-0.05, 0) is 70.6 Å². The maximum absolute atomic E-state index is 13.3. The predicted molar refractivity (Wildman–Crippen MR) is 314 cm³/mol. The largest absolute Gasteiger partial charge is 0.394 e. The van der Waals surface area contributed by atoms with Gasteiger partial charge in [0, 0.05) is 6.42 Å². The zero-order valence-electron chi connectivity index (χ0n) is 48.9. The van der Waals surface area contributed by atoms with Crippen LogP contribution in [-0.4, -0.2) is 140 Å². The Hall–Kier alpha value is -2.31. The van der Waals surface area contributed by atoms with Gasteiger partial charge in [0.25, 0.3) is 0 Å². The Morgan fingerprint density at radius 1 is 0.462 bits per heavy atom. The van der Waals surface area contributed by atoms with E-state index in [1.54, 1.807) is 6.08 Å². The van der Waals surface area contributed by atoms with E-state index in [9.17, 15) is 45.6 Å². The lowest BCUT2D eigenvalue weighted by atomic mass is 9.97. The fourth-order valence-corrected chi connectivity index (χ4v) is 10.1. The number of hydrogen-bond donors (Lipinski definition) is 9. The minimum Gasteiger partial charge on any atom is -0.394 e. The van der Waals surface area contributed by atoms with Gasteiger partial charge in [0.15, 0.2) is 12.6 Å². The molecule has 0 aromatic heterocycles. The third-order valence-electron chi connectivity index (χ3n) is 15.2. The third kappa shape index (κ3) is 34.2. The maximum Gasteiger partial charge on any atom is 0.220 e. The van der Waals surface area contributed by atoms with E-state index in [1.807, 2.05) is 6.08 Å². The SMILES string of the molecule is CCCCCCC/C=C\C/C=C\C/C=C\CCCCCCCCCCCCCCCCC(=O)NC(COC1OC(CO)C(OC2OC(CO)C(O)C(O)C2O)C(O)C1O)C(O)/C=C/CC/C=C/CCCCCCCCCCC. The highest BCUT2D eigenvalue weighted by atomic mass is 16.7. The summed E-state index contributed by atoms with van der Waals surface area (Å²) < 4.78 is 22.8. The van der Waals surface area contributed by atoms with Crippen molar-refractivity contribution in [3.05, 3.63) is 60.8 Å². The molecule has 0 aliphatic carbocycles. The molecular weight excluding hydrogens is 991 g/mol. The monoisotopic (exact) mass is 1110 g/mol. The van der Waals surface area contributed by atoms with E-state index in [0.717, 1.165) is 44.9 Å². The van der Waals surface area contributed by atoms with Crippen LogP contribution in [0.15, 0.2) is 60.8 Å². The number of ether oxygens (including phenoxy) is 4. The van der Waals surface area contributed by atoms with Crippen LogP contribution in [0.2, 0.25) is 0 Å². The summed E-state index contributed by atoms with van der Waals surface area (Å²) in [6.45, 7) is 2.77. The van der Waals surface area contributed by atoms with Crippen LogP contribution in [0.5, 0.6) is 0 Å². The van der Waals surface area contributed by atoms with Crippen molar-refractivity contribution in [2.24, 2.45) is 0 Å². The molecule has 0 spiro atoms. The molecule has 2 rings (SSSR count). The molecule has 14 heteroatoms. The first-order valence-corrected chi connectivity index (χ1v) is 31.5. The lowest BCUT2D eigenvalue weighted by Gasteiger charge is -2.46. The van der Waals surface area contributed by atoms with Gasteiger partial charge in [-0.25, -0.2) is 0 Å². The number of aliphatic hydroxyl groups is 8. The number of hydrogen-bond acceptors (Lipinski definition) is 13. The Labute approximate surface area is 473 Å². The highest BCUT2D eigenvalue weighted by Gasteiger charge is 2.51. The molecule has 12 atom stereocenters. The van der Waals surface area contributed by atoms with Crippen LogP contribution < -0.4 is 5.32 Å². The molecule has 0 aromatic carbocycles. The number of unbranched alkanes of at least 4 members (excludes halogenated alkanes) is 29. The second-order valence-electron chi connectivity index (χ2n) is 22.2. The zero-order valence-corrected chi connectivity index (χ0v) is 48.9. The molecule has 0 radical (unpaired) electrons. The average Bonchev–Trinajstić information content (AvgIpc) is 3.47. The van der Waals surface area contributed by atoms with Crippen molar-refractivity contribution in [1.82, 2.24) is 5.32 Å².